The summed E-state index contributed by atoms with van der Waals surface area (Å²) in [5.74, 6) is 2.89. The number of ether oxygens (including phenoxy) is 2. The van der Waals surface area contributed by atoms with Gasteiger partial charge in [-0.2, -0.15) is 0 Å². The van der Waals surface area contributed by atoms with E-state index in [4.69, 9.17) is 28.8 Å². The molecule has 14 heteroatoms. The first-order valence-electron chi connectivity index (χ1n) is 22.8. The number of hydrogen-bond donors (Lipinski definition) is 2. The van der Waals surface area contributed by atoms with Crippen LogP contribution in [-0.4, -0.2) is 83.5 Å². The highest BCUT2D eigenvalue weighted by Gasteiger charge is 2.55. The summed E-state index contributed by atoms with van der Waals surface area (Å²) in [7, 11) is -0.540. The van der Waals surface area contributed by atoms with Crippen molar-refractivity contribution in [1.82, 2.24) is 29.7 Å². The molecule has 2 saturated carbocycles. The lowest BCUT2D eigenvalue weighted by Gasteiger charge is -2.40. The number of amides is 2. The highest BCUT2D eigenvalue weighted by atomic mass is 79.9. The van der Waals surface area contributed by atoms with Crippen LogP contribution in [0.4, 0.5) is 9.59 Å². The third-order valence-electron chi connectivity index (χ3n) is 14.5. The average molecular weight is 900 g/mol. The van der Waals surface area contributed by atoms with E-state index >= 15 is 0 Å². The molecule has 0 spiro atoms. The number of fused-ring (bicyclic) bond motifs is 4. The van der Waals surface area contributed by atoms with Crippen LogP contribution in [0, 0.1) is 17.8 Å². The summed E-state index contributed by atoms with van der Waals surface area (Å²) in [5, 5.41) is 0. The Kier molecular flexibility index (Phi) is 10.9. The highest BCUT2D eigenvalue weighted by Crippen LogP contribution is 2.51. The van der Waals surface area contributed by atoms with Gasteiger partial charge in [-0.3, -0.25) is 9.80 Å². The van der Waals surface area contributed by atoms with Crippen molar-refractivity contribution in [3.63, 3.8) is 0 Å². The molecule has 61 heavy (non-hydrogen) atoms. The van der Waals surface area contributed by atoms with Crippen LogP contribution >= 0.6 is 15.9 Å². The zero-order valence-corrected chi connectivity index (χ0v) is 39.1. The summed E-state index contributed by atoms with van der Waals surface area (Å²) >= 11 is 3.59. The summed E-state index contributed by atoms with van der Waals surface area (Å²) in [6.07, 6.45) is 10.6. The summed E-state index contributed by atoms with van der Waals surface area (Å²) in [6.45, 7) is 18.0. The third kappa shape index (κ3) is 8.34. The first-order valence-corrected chi connectivity index (χ1v) is 23.6. The maximum Gasteiger partial charge on any atom is 0.494 e. The number of aromatic nitrogens is 4. The molecule has 2 aromatic heterocycles. The van der Waals surface area contributed by atoms with Gasteiger partial charge in [-0.05, 0) is 167 Å². The lowest BCUT2D eigenvalue weighted by atomic mass is 9.74. The molecule has 2 amide bonds. The van der Waals surface area contributed by atoms with Crippen LogP contribution in [0.15, 0.2) is 40.9 Å². The lowest BCUT2D eigenvalue weighted by Crippen LogP contribution is -2.46. The number of hydrogen-bond acceptors (Lipinski definition) is 8. The molecule has 3 saturated heterocycles. The van der Waals surface area contributed by atoms with E-state index in [-0.39, 0.29) is 36.4 Å². The van der Waals surface area contributed by atoms with Gasteiger partial charge in [0, 0.05) is 16.6 Å². The number of aromatic amines is 2. The Hall–Kier alpha value is -3.62. The van der Waals surface area contributed by atoms with Crippen molar-refractivity contribution >= 4 is 62.8 Å². The molecule has 2 N–H and O–H groups in total. The SMILES string of the molecule is CC(C)(C)OC(=O)N1[C@H](c2nc3ccc(B4OC(C)(C)C(C)(CCC5CC[C@H]6C[C@@H](c7nc8ccc(Br)cc8[nH]7)N(C(=O)OC(C)(C)C)[C@H]6C5)O4)cc3[nH]2)C[C@@H]2CCCC[C@@H]21. The van der Waals surface area contributed by atoms with E-state index in [0.29, 0.717) is 17.8 Å². The second kappa shape index (κ2) is 15.6. The Balaban J connectivity index is 0.893. The second-order valence-corrected chi connectivity index (χ2v) is 22.3. The standard InChI is InChI=1S/C47H64BBrN6O6/c1-44(2,3)58-42(56)54-36-13-11-10-12-28(36)23-38(54)40-50-32-18-16-30(25-34(32)52-40)48-60-46(7,8)47(9,61-48)21-20-27-14-15-29-24-39(41-51-33-19-17-31(49)26-35(33)53-41)55(37(29)22-27)43(57)59-45(4,5)6/h16-19,25-29,36-39H,10-15,20-24H2,1-9H3,(H,50,52)(H,51,53)/t27?,28-,29-,36-,37-,38-,39-,47?/m0/s1. The molecule has 4 aromatic rings. The minimum Gasteiger partial charge on any atom is -0.444 e. The van der Waals surface area contributed by atoms with Crippen LogP contribution < -0.4 is 5.46 Å². The Morgan fingerprint density at radius 3 is 1.98 bits per heavy atom. The Morgan fingerprint density at radius 2 is 1.34 bits per heavy atom. The van der Waals surface area contributed by atoms with E-state index in [2.05, 4.69) is 58.8 Å². The first-order chi connectivity index (χ1) is 28.7. The molecule has 2 aromatic carbocycles. The van der Waals surface area contributed by atoms with Crippen molar-refractivity contribution in [2.75, 3.05) is 0 Å². The minimum absolute atomic E-state index is 0.0726. The molecule has 12 nitrogen and oxygen atoms in total. The topological polar surface area (TPSA) is 135 Å². The number of carbonyl (C=O) groups excluding carboxylic acids is 2. The number of nitrogens with zero attached hydrogens (tertiary/aromatic N) is 4. The zero-order valence-electron chi connectivity index (χ0n) is 37.5. The van der Waals surface area contributed by atoms with Gasteiger partial charge in [0.2, 0.25) is 0 Å². The van der Waals surface area contributed by atoms with E-state index < -0.39 is 29.5 Å². The van der Waals surface area contributed by atoms with Crippen molar-refractivity contribution < 1.29 is 28.4 Å². The van der Waals surface area contributed by atoms with E-state index in [1.165, 1.54) is 6.42 Å². The van der Waals surface area contributed by atoms with Crippen molar-refractivity contribution in [3.05, 3.63) is 52.5 Å². The molecule has 5 heterocycles. The van der Waals surface area contributed by atoms with E-state index in [1.54, 1.807) is 0 Å². The molecule has 0 radical (unpaired) electrons. The first kappa shape index (κ1) is 42.7. The Bertz CT molecular complexity index is 2300. The van der Waals surface area contributed by atoms with Gasteiger partial charge in [-0.25, -0.2) is 19.6 Å². The summed E-state index contributed by atoms with van der Waals surface area (Å²) in [5.41, 5.74) is 2.28. The molecule has 328 valence electrons. The van der Waals surface area contributed by atoms with Crippen molar-refractivity contribution in [2.45, 2.75) is 180 Å². The number of benzene rings is 2. The maximum atomic E-state index is 14.0. The normalized spacial score (nSPS) is 30.3. The van der Waals surface area contributed by atoms with Crippen LogP contribution in [0.25, 0.3) is 22.1 Å². The van der Waals surface area contributed by atoms with Crippen molar-refractivity contribution in [3.8, 4) is 0 Å². The Labute approximate surface area is 369 Å². The molecule has 8 atom stereocenters. The van der Waals surface area contributed by atoms with E-state index in [0.717, 1.165) is 108 Å². The molecule has 2 unspecified atom stereocenters. The fraction of sp³-hybridized carbons (Fsp3) is 0.660. The second-order valence-electron chi connectivity index (χ2n) is 21.4. The van der Waals surface area contributed by atoms with Crippen LogP contribution in [0.3, 0.4) is 0 Å². The van der Waals surface area contributed by atoms with Gasteiger partial charge >= 0.3 is 19.3 Å². The average Bonchev–Trinajstić information content (AvgIpc) is 3.99. The predicted octanol–water partition coefficient (Wildman–Crippen LogP) is 10.7. The number of halogens is 1. The van der Waals surface area contributed by atoms with Crippen LogP contribution in [0.5, 0.6) is 0 Å². The smallest absolute Gasteiger partial charge is 0.444 e. The highest BCUT2D eigenvalue weighted by molar-refractivity contribution is 9.10. The lowest BCUT2D eigenvalue weighted by molar-refractivity contribution is -0.0231. The Morgan fingerprint density at radius 1 is 0.770 bits per heavy atom. The molecular formula is C47H64BBrN6O6. The van der Waals surface area contributed by atoms with Gasteiger partial charge in [0.25, 0.3) is 0 Å². The van der Waals surface area contributed by atoms with Crippen LogP contribution in [-0.2, 0) is 18.8 Å². The molecule has 5 aliphatic rings. The maximum absolute atomic E-state index is 14.0. The number of nitrogens with one attached hydrogen (secondary N) is 2. The monoisotopic (exact) mass is 898 g/mol. The summed E-state index contributed by atoms with van der Waals surface area (Å²) in [6, 6.07) is 12.2. The molecule has 9 rings (SSSR count). The number of likely N-dealkylation sites (tertiary alicyclic amines) is 2. The molecule has 3 aliphatic heterocycles. The van der Waals surface area contributed by atoms with Gasteiger partial charge in [-0.15, -0.1) is 0 Å². The quantitative estimate of drug-likeness (QED) is 0.183. The minimum atomic E-state index is -0.606. The van der Waals surface area contributed by atoms with Gasteiger partial charge in [0.15, 0.2) is 0 Å². The third-order valence-corrected chi connectivity index (χ3v) is 15.0. The van der Waals surface area contributed by atoms with Crippen molar-refractivity contribution in [1.29, 1.82) is 0 Å². The van der Waals surface area contributed by atoms with E-state index in [1.807, 2.05) is 75.6 Å². The summed E-state index contributed by atoms with van der Waals surface area (Å²) in [4.78, 5) is 48.9. The van der Waals surface area contributed by atoms with Gasteiger partial charge in [0.1, 0.15) is 22.9 Å². The van der Waals surface area contributed by atoms with Crippen LogP contribution in [0.2, 0.25) is 0 Å². The zero-order chi connectivity index (χ0) is 43.2. The molecule has 0 bridgehead atoms. The molecule has 2 aliphatic carbocycles. The van der Waals surface area contributed by atoms with Crippen molar-refractivity contribution in [2.24, 2.45) is 17.8 Å². The molecule has 5 fully saturated rings. The molecular weight excluding hydrogens is 835 g/mol. The number of carbonyl (C=O) groups is 2. The fourth-order valence-electron chi connectivity index (χ4n) is 11.2. The number of rotatable bonds is 6. The largest absolute Gasteiger partial charge is 0.494 e. The predicted molar refractivity (Wildman–Crippen MR) is 240 cm³/mol. The van der Waals surface area contributed by atoms with Gasteiger partial charge < -0.3 is 28.8 Å². The van der Waals surface area contributed by atoms with E-state index in [9.17, 15) is 9.59 Å². The van der Waals surface area contributed by atoms with Crippen LogP contribution in [0.1, 0.15) is 157 Å². The number of H-pyrrole nitrogens is 2. The summed E-state index contributed by atoms with van der Waals surface area (Å²) < 4.78 is 26.7. The van der Waals surface area contributed by atoms with Gasteiger partial charge in [0.05, 0.1) is 45.4 Å². The fourth-order valence-corrected chi connectivity index (χ4v) is 11.5. The number of imidazole rings is 2. The van der Waals surface area contributed by atoms with Gasteiger partial charge in [-0.1, -0.05) is 41.3 Å².